The molecule has 110 valence electrons. The third-order valence-electron chi connectivity index (χ3n) is 3.78. The highest BCUT2D eigenvalue weighted by Crippen LogP contribution is 2.39. The summed E-state index contributed by atoms with van der Waals surface area (Å²) in [6.45, 7) is 0. The molecule has 2 atom stereocenters. The molecule has 1 aromatic carbocycles. The van der Waals surface area contributed by atoms with E-state index in [0.29, 0.717) is 5.25 Å². The highest BCUT2D eigenvalue weighted by atomic mass is 79.9. The lowest BCUT2D eigenvalue weighted by atomic mass is 9.87. The van der Waals surface area contributed by atoms with Crippen molar-refractivity contribution in [1.82, 2.24) is 4.98 Å². The zero-order chi connectivity index (χ0) is 14.8. The van der Waals surface area contributed by atoms with E-state index in [1.54, 1.807) is 18.9 Å². The summed E-state index contributed by atoms with van der Waals surface area (Å²) in [6, 6.07) is 10.3. The molecule has 1 aromatic heterocycles. The molecule has 0 bridgehead atoms. The molecular weight excluding hydrogens is 348 g/mol. The maximum atomic E-state index is 6.46. The van der Waals surface area contributed by atoms with Gasteiger partial charge in [-0.15, -0.1) is 11.8 Å². The number of halogens is 1. The summed E-state index contributed by atoms with van der Waals surface area (Å²) in [5.74, 6) is 0.904. The van der Waals surface area contributed by atoms with E-state index in [2.05, 4.69) is 33.0 Å². The van der Waals surface area contributed by atoms with Crippen LogP contribution in [0.15, 0.2) is 46.0 Å². The SMILES string of the molecule is COc1ccc2c(c1)CCC(Sc1ccc(Br)cn1)C2N. The van der Waals surface area contributed by atoms with Crippen LogP contribution in [0.3, 0.4) is 0 Å². The second-order valence-corrected chi connectivity index (χ2v) is 7.28. The Balaban J connectivity index is 1.78. The molecule has 3 rings (SSSR count). The predicted molar refractivity (Wildman–Crippen MR) is 89.8 cm³/mol. The van der Waals surface area contributed by atoms with Gasteiger partial charge >= 0.3 is 0 Å². The number of thioether (sulfide) groups is 1. The number of aromatic nitrogens is 1. The van der Waals surface area contributed by atoms with Crippen molar-refractivity contribution >= 4 is 27.7 Å². The van der Waals surface area contributed by atoms with E-state index < -0.39 is 0 Å². The normalized spacial score (nSPS) is 20.9. The van der Waals surface area contributed by atoms with Gasteiger partial charge in [-0.05, 0) is 64.2 Å². The summed E-state index contributed by atoms with van der Waals surface area (Å²) in [6.07, 6.45) is 3.92. The number of pyridine rings is 1. The van der Waals surface area contributed by atoms with Crippen molar-refractivity contribution < 1.29 is 4.74 Å². The average molecular weight is 365 g/mol. The molecule has 0 spiro atoms. The number of rotatable bonds is 3. The Bertz CT molecular complexity index is 633. The van der Waals surface area contributed by atoms with Crippen LogP contribution in [0.1, 0.15) is 23.6 Å². The first-order chi connectivity index (χ1) is 10.2. The Labute approximate surface area is 137 Å². The van der Waals surface area contributed by atoms with E-state index in [4.69, 9.17) is 10.5 Å². The molecule has 0 saturated heterocycles. The summed E-state index contributed by atoms with van der Waals surface area (Å²) >= 11 is 5.18. The minimum absolute atomic E-state index is 0.0371. The van der Waals surface area contributed by atoms with Gasteiger partial charge in [0.1, 0.15) is 5.75 Å². The lowest BCUT2D eigenvalue weighted by molar-refractivity contribution is 0.413. The standard InChI is InChI=1S/C16H17BrN2OS/c1-20-12-4-5-13-10(8-12)2-6-14(16(13)18)21-15-7-3-11(17)9-19-15/h3-5,7-9,14,16H,2,6,18H2,1H3. The molecule has 0 saturated carbocycles. The van der Waals surface area contributed by atoms with Crippen LogP contribution in [0.5, 0.6) is 5.75 Å². The van der Waals surface area contributed by atoms with Gasteiger partial charge in [0.15, 0.2) is 0 Å². The Morgan fingerprint density at radius 1 is 1.33 bits per heavy atom. The topological polar surface area (TPSA) is 48.1 Å². The maximum Gasteiger partial charge on any atom is 0.119 e. The number of hydrogen-bond donors (Lipinski definition) is 1. The van der Waals surface area contributed by atoms with E-state index in [1.165, 1.54) is 11.1 Å². The highest BCUT2D eigenvalue weighted by molar-refractivity contribution is 9.10. The molecule has 3 nitrogen and oxygen atoms in total. The third kappa shape index (κ3) is 3.25. The summed E-state index contributed by atoms with van der Waals surface area (Å²) in [5, 5.41) is 1.38. The molecule has 0 fully saturated rings. The summed E-state index contributed by atoms with van der Waals surface area (Å²) < 4.78 is 6.29. The Morgan fingerprint density at radius 3 is 2.90 bits per heavy atom. The second kappa shape index (κ2) is 6.38. The molecule has 1 aliphatic rings. The predicted octanol–water partition coefficient (Wildman–Crippen LogP) is 3.96. The minimum atomic E-state index is 0.0371. The number of hydrogen-bond acceptors (Lipinski definition) is 4. The van der Waals surface area contributed by atoms with Gasteiger partial charge in [0.2, 0.25) is 0 Å². The fourth-order valence-electron chi connectivity index (χ4n) is 2.65. The van der Waals surface area contributed by atoms with Gasteiger partial charge in [-0.1, -0.05) is 6.07 Å². The first-order valence-corrected chi connectivity index (χ1v) is 8.55. The van der Waals surface area contributed by atoms with Crippen molar-refractivity contribution in [2.45, 2.75) is 29.2 Å². The number of methoxy groups -OCH3 is 1. The van der Waals surface area contributed by atoms with Gasteiger partial charge in [-0.2, -0.15) is 0 Å². The van der Waals surface area contributed by atoms with Crippen molar-refractivity contribution in [2.24, 2.45) is 5.73 Å². The minimum Gasteiger partial charge on any atom is -0.497 e. The monoisotopic (exact) mass is 364 g/mol. The Morgan fingerprint density at radius 2 is 2.19 bits per heavy atom. The smallest absolute Gasteiger partial charge is 0.119 e. The molecule has 0 aliphatic heterocycles. The van der Waals surface area contributed by atoms with Gasteiger partial charge in [0.05, 0.1) is 12.1 Å². The Hall–Kier alpha value is -1.04. The van der Waals surface area contributed by atoms with Gasteiger partial charge in [0, 0.05) is 22.0 Å². The highest BCUT2D eigenvalue weighted by Gasteiger charge is 2.28. The van der Waals surface area contributed by atoms with E-state index in [1.807, 2.05) is 24.4 Å². The fourth-order valence-corrected chi connectivity index (χ4v) is 3.98. The van der Waals surface area contributed by atoms with Crippen LogP contribution in [0, 0.1) is 0 Å². The largest absolute Gasteiger partial charge is 0.497 e. The molecule has 0 radical (unpaired) electrons. The number of aryl methyl sites for hydroxylation is 1. The summed E-state index contributed by atoms with van der Waals surface area (Å²) in [5.41, 5.74) is 9.00. The zero-order valence-corrected chi connectivity index (χ0v) is 14.2. The van der Waals surface area contributed by atoms with Crippen LogP contribution in [0.4, 0.5) is 0 Å². The van der Waals surface area contributed by atoms with E-state index >= 15 is 0 Å². The number of benzene rings is 1. The number of ether oxygens (including phenoxy) is 1. The van der Waals surface area contributed by atoms with Crippen LogP contribution in [-0.4, -0.2) is 17.3 Å². The number of nitrogens with zero attached hydrogens (tertiary/aromatic N) is 1. The van der Waals surface area contributed by atoms with E-state index in [0.717, 1.165) is 28.1 Å². The maximum absolute atomic E-state index is 6.46. The Kier molecular flexibility index (Phi) is 4.52. The van der Waals surface area contributed by atoms with Crippen molar-refractivity contribution in [2.75, 3.05) is 7.11 Å². The van der Waals surface area contributed by atoms with Crippen LogP contribution < -0.4 is 10.5 Å². The molecule has 2 unspecified atom stereocenters. The second-order valence-electron chi connectivity index (χ2n) is 5.10. The van der Waals surface area contributed by atoms with Crippen LogP contribution in [-0.2, 0) is 6.42 Å². The van der Waals surface area contributed by atoms with Crippen LogP contribution in [0.2, 0.25) is 0 Å². The van der Waals surface area contributed by atoms with E-state index in [9.17, 15) is 0 Å². The molecule has 21 heavy (non-hydrogen) atoms. The average Bonchev–Trinajstić information content (AvgIpc) is 2.52. The van der Waals surface area contributed by atoms with Gasteiger partial charge in [0.25, 0.3) is 0 Å². The van der Waals surface area contributed by atoms with Crippen molar-refractivity contribution in [3.8, 4) is 5.75 Å². The number of fused-ring (bicyclic) bond motifs is 1. The molecular formula is C16H17BrN2OS. The van der Waals surface area contributed by atoms with Gasteiger partial charge in [-0.3, -0.25) is 0 Å². The van der Waals surface area contributed by atoms with Crippen LogP contribution >= 0.6 is 27.7 Å². The first-order valence-electron chi connectivity index (χ1n) is 6.88. The summed E-state index contributed by atoms with van der Waals surface area (Å²) in [4.78, 5) is 4.43. The quantitative estimate of drug-likeness (QED) is 0.895. The third-order valence-corrected chi connectivity index (χ3v) is 5.56. The molecule has 0 amide bonds. The lowest BCUT2D eigenvalue weighted by Gasteiger charge is -2.30. The molecule has 5 heteroatoms. The summed E-state index contributed by atoms with van der Waals surface area (Å²) in [7, 11) is 1.70. The lowest BCUT2D eigenvalue weighted by Crippen LogP contribution is -2.29. The fraction of sp³-hybridized carbons (Fsp3) is 0.312. The van der Waals surface area contributed by atoms with Crippen molar-refractivity contribution in [1.29, 1.82) is 0 Å². The zero-order valence-electron chi connectivity index (χ0n) is 11.8. The first kappa shape index (κ1) is 14.9. The molecule has 1 aliphatic carbocycles. The van der Waals surface area contributed by atoms with Crippen molar-refractivity contribution in [3.63, 3.8) is 0 Å². The molecule has 2 aromatic rings. The van der Waals surface area contributed by atoms with E-state index in [-0.39, 0.29) is 6.04 Å². The number of nitrogens with two attached hydrogens (primary N) is 1. The van der Waals surface area contributed by atoms with Gasteiger partial charge in [-0.25, -0.2) is 4.98 Å². The van der Waals surface area contributed by atoms with Gasteiger partial charge < -0.3 is 10.5 Å². The molecule has 2 N–H and O–H groups in total. The molecule has 1 heterocycles. The van der Waals surface area contributed by atoms with Crippen molar-refractivity contribution in [3.05, 3.63) is 52.1 Å². The van der Waals surface area contributed by atoms with Crippen LogP contribution in [0.25, 0.3) is 0 Å².